The van der Waals surface area contributed by atoms with Crippen molar-refractivity contribution in [1.29, 1.82) is 0 Å². The summed E-state index contributed by atoms with van der Waals surface area (Å²) < 4.78 is 0. The Hall–Kier alpha value is -2.37. The molecule has 0 bridgehead atoms. The van der Waals surface area contributed by atoms with Crippen LogP contribution in [0, 0.1) is 72.5 Å². The van der Waals surface area contributed by atoms with Gasteiger partial charge in [-0.25, -0.2) is 0 Å². The lowest BCUT2D eigenvalue weighted by Gasteiger charge is -2.50. The molecule has 0 saturated carbocycles. The number of carboxylic acid groups (broad SMARTS) is 1. The van der Waals surface area contributed by atoms with Gasteiger partial charge < -0.3 is 5.11 Å². The van der Waals surface area contributed by atoms with E-state index in [9.17, 15) is 9.90 Å². The summed E-state index contributed by atoms with van der Waals surface area (Å²) in [5, 5.41) is 10.6. The molecule has 4 heteroatoms. The number of hydrogen-bond donors (Lipinski definition) is 1. The van der Waals surface area contributed by atoms with Crippen molar-refractivity contribution in [2.45, 2.75) is 157 Å². The van der Waals surface area contributed by atoms with Gasteiger partial charge in [0.25, 0.3) is 0 Å². The monoisotopic (exact) mass is 578 g/mol. The second-order valence-corrected chi connectivity index (χ2v) is 15.2. The smallest absolute Gasteiger partial charge is 0.320 e. The second kappa shape index (κ2) is 16.5. The highest BCUT2D eigenvalue weighted by atomic mass is 16.4. The lowest BCUT2D eigenvalue weighted by Crippen LogP contribution is -2.58. The molecule has 0 aromatic rings. The Morgan fingerprint density at radius 3 is 1.57 bits per heavy atom. The minimum Gasteiger partial charge on any atom is -0.480 e. The van der Waals surface area contributed by atoms with Crippen molar-refractivity contribution >= 4 is 5.97 Å². The summed E-state index contributed by atoms with van der Waals surface area (Å²) in [6.07, 6.45) is 28.4. The molecule has 0 saturated heterocycles. The van der Waals surface area contributed by atoms with Gasteiger partial charge in [0.2, 0.25) is 0 Å². The van der Waals surface area contributed by atoms with E-state index in [0.717, 1.165) is 38.6 Å². The Labute approximate surface area is 261 Å². The van der Waals surface area contributed by atoms with Gasteiger partial charge in [0.1, 0.15) is 6.04 Å². The maximum Gasteiger partial charge on any atom is 0.320 e. The highest BCUT2D eigenvalue weighted by molar-refractivity contribution is 5.73. The summed E-state index contributed by atoms with van der Waals surface area (Å²) in [6.45, 7) is 26.5. The van der Waals surface area contributed by atoms with Crippen LogP contribution in [0.1, 0.15) is 128 Å². The Morgan fingerprint density at radius 1 is 0.738 bits per heavy atom. The normalized spacial score (nSPS) is 16.4. The van der Waals surface area contributed by atoms with Crippen molar-refractivity contribution in [2.24, 2.45) is 23.2 Å². The minimum atomic E-state index is -0.801. The zero-order valence-electron chi connectivity index (χ0n) is 29.1. The summed E-state index contributed by atoms with van der Waals surface area (Å²) in [6, 6.07) is -0.670. The molecular formula is C38H62N2O2. The molecule has 0 heterocycles. The van der Waals surface area contributed by atoms with Gasteiger partial charge in [0.05, 0.1) is 0 Å². The van der Waals surface area contributed by atoms with Crippen molar-refractivity contribution in [3.8, 4) is 49.4 Å². The molecule has 0 spiro atoms. The summed E-state index contributed by atoms with van der Waals surface area (Å²) in [5.74, 6) is 11.1. The molecule has 0 rings (SSSR count). The van der Waals surface area contributed by atoms with Crippen LogP contribution < -0.4 is 0 Å². The Bertz CT molecular complexity index is 989. The zero-order chi connectivity index (χ0) is 33.1. The summed E-state index contributed by atoms with van der Waals surface area (Å²) in [4.78, 5) is 17.6. The molecule has 0 amide bonds. The van der Waals surface area contributed by atoms with E-state index < -0.39 is 17.6 Å². The van der Waals surface area contributed by atoms with E-state index in [0.29, 0.717) is 12.8 Å². The van der Waals surface area contributed by atoms with Crippen LogP contribution in [0.2, 0.25) is 0 Å². The molecule has 0 aliphatic carbocycles. The molecule has 0 aliphatic rings. The van der Waals surface area contributed by atoms with Gasteiger partial charge in [0, 0.05) is 45.8 Å². The average Bonchev–Trinajstić information content (AvgIpc) is 2.85. The Balaban J connectivity index is 6.18. The molecule has 236 valence electrons. The first-order valence-corrected chi connectivity index (χ1v) is 15.8. The fourth-order valence-corrected chi connectivity index (χ4v) is 7.49. The zero-order valence-corrected chi connectivity index (χ0v) is 29.1. The topological polar surface area (TPSA) is 43.8 Å². The highest BCUT2D eigenvalue weighted by Crippen LogP contribution is 2.37. The number of carboxylic acids is 1. The van der Waals surface area contributed by atoms with Crippen LogP contribution in [0.4, 0.5) is 0 Å². The van der Waals surface area contributed by atoms with Gasteiger partial charge in [-0.05, 0) is 107 Å². The van der Waals surface area contributed by atoms with Crippen molar-refractivity contribution in [3.05, 3.63) is 0 Å². The predicted octanol–water partition coefficient (Wildman–Crippen LogP) is 7.97. The standard InChI is InChI=1S/C38H62N2O2/c1-17-29(5)25-32(8)40(38(15,16)28-35(9,10)20-4)33(34(41)42)23-21-22-24-39(36(11,12)26-30(6)18-2)37(13,14)27-31(7)19-3/h1-4,29-33H,21-28H2,5-16H3,(H,41,42). The van der Waals surface area contributed by atoms with E-state index in [2.05, 4.69) is 95.8 Å². The van der Waals surface area contributed by atoms with Gasteiger partial charge in [-0.1, -0.05) is 27.2 Å². The SMILES string of the molecule is C#CC(C)CC(C)N(C(CCCCN(C(C)(C)CC(C)C#C)C(C)(C)CC(C)C#C)C(=O)O)C(C)(C)CC(C)(C)C#C. The number of terminal acetylenes is 4. The van der Waals surface area contributed by atoms with E-state index in [1.807, 2.05) is 20.8 Å². The van der Waals surface area contributed by atoms with Gasteiger partial charge in [-0.3, -0.25) is 14.6 Å². The van der Waals surface area contributed by atoms with Gasteiger partial charge in [-0.15, -0.1) is 49.4 Å². The van der Waals surface area contributed by atoms with Gasteiger partial charge in [-0.2, -0.15) is 0 Å². The molecule has 42 heavy (non-hydrogen) atoms. The molecule has 5 atom stereocenters. The molecule has 0 aromatic carbocycles. The van der Waals surface area contributed by atoms with Crippen LogP contribution in [0.3, 0.4) is 0 Å². The van der Waals surface area contributed by atoms with Gasteiger partial charge >= 0.3 is 5.97 Å². The number of hydrogen-bond acceptors (Lipinski definition) is 3. The van der Waals surface area contributed by atoms with Crippen molar-refractivity contribution in [1.82, 2.24) is 9.80 Å². The number of aliphatic carboxylic acids is 1. The first kappa shape index (κ1) is 39.6. The second-order valence-electron chi connectivity index (χ2n) is 15.2. The molecule has 5 unspecified atom stereocenters. The van der Waals surface area contributed by atoms with Gasteiger partial charge in [0.15, 0.2) is 0 Å². The Morgan fingerprint density at radius 2 is 1.19 bits per heavy atom. The fraction of sp³-hybridized carbons (Fsp3) is 0.763. The maximum atomic E-state index is 12.9. The van der Waals surface area contributed by atoms with Crippen LogP contribution in [-0.4, -0.2) is 56.1 Å². The molecule has 0 aromatic heterocycles. The van der Waals surface area contributed by atoms with Crippen molar-refractivity contribution in [2.75, 3.05) is 6.54 Å². The predicted molar refractivity (Wildman–Crippen MR) is 181 cm³/mol. The van der Waals surface area contributed by atoms with E-state index >= 15 is 0 Å². The van der Waals surface area contributed by atoms with Crippen LogP contribution in [0.25, 0.3) is 0 Å². The molecule has 0 aliphatic heterocycles. The van der Waals surface area contributed by atoms with Crippen LogP contribution in [-0.2, 0) is 4.79 Å². The van der Waals surface area contributed by atoms with Crippen molar-refractivity contribution < 1.29 is 9.90 Å². The van der Waals surface area contributed by atoms with Crippen LogP contribution >= 0.6 is 0 Å². The third-order valence-electron chi connectivity index (χ3n) is 8.79. The highest BCUT2D eigenvalue weighted by Gasteiger charge is 2.42. The quantitative estimate of drug-likeness (QED) is 0.125. The number of carbonyl (C=O) groups is 1. The van der Waals surface area contributed by atoms with E-state index in [-0.39, 0.29) is 40.3 Å². The molecule has 4 nitrogen and oxygen atoms in total. The Kier molecular flexibility index (Phi) is 15.5. The summed E-state index contributed by atoms with van der Waals surface area (Å²) >= 11 is 0. The van der Waals surface area contributed by atoms with Crippen molar-refractivity contribution in [3.63, 3.8) is 0 Å². The third kappa shape index (κ3) is 12.5. The first-order valence-electron chi connectivity index (χ1n) is 15.8. The number of nitrogens with zero attached hydrogens (tertiary/aromatic N) is 2. The summed E-state index contributed by atoms with van der Waals surface area (Å²) in [7, 11) is 0. The molecular weight excluding hydrogens is 516 g/mol. The van der Waals surface area contributed by atoms with Crippen LogP contribution in [0.15, 0.2) is 0 Å². The van der Waals surface area contributed by atoms with E-state index in [4.69, 9.17) is 25.7 Å². The lowest BCUT2D eigenvalue weighted by atomic mass is 9.78. The third-order valence-corrected chi connectivity index (χ3v) is 8.79. The molecule has 0 fully saturated rings. The average molecular weight is 579 g/mol. The molecule has 1 N–H and O–H groups in total. The van der Waals surface area contributed by atoms with Crippen LogP contribution in [0.5, 0.6) is 0 Å². The maximum absolute atomic E-state index is 12.9. The lowest BCUT2D eigenvalue weighted by molar-refractivity contribution is -0.149. The number of rotatable bonds is 19. The van der Waals surface area contributed by atoms with E-state index in [1.165, 1.54) is 0 Å². The van der Waals surface area contributed by atoms with E-state index in [1.54, 1.807) is 0 Å². The largest absolute Gasteiger partial charge is 0.480 e. The fourth-order valence-electron chi connectivity index (χ4n) is 7.49. The summed E-state index contributed by atoms with van der Waals surface area (Å²) in [5.41, 5.74) is -1.11. The number of unbranched alkanes of at least 4 members (excludes halogenated alkanes) is 1. The first-order chi connectivity index (χ1) is 19.1. The molecule has 0 radical (unpaired) electrons. The minimum absolute atomic E-state index is 0.0226.